The first-order chi connectivity index (χ1) is 7.16. The van der Waals surface area contributed by atoms with Crippen molar-refractivity contribution in [3.8, 4) is 0 Å². The number of hydrogen-bond donors (Lipinski definition) is 1. The van der Waals surface area contributed by atoms with Crippen molar-refractivity contribution in [1.82, 2.24) is 15.1 Å². The van der Waals surface area contributed by atoms with Gasteiger partial charge in [-0.1, -0.05) is 15.9 Å². The first-order valence-corrected chi connectivity index (χ1v) is 5.60. The van der Waals surface area contributed by atoms with Crippen LogP contribution in [0.1, 0.15) is 10.5 Å². The SMILES string of the molecule is Cn1ccc(C(=O)NC2COCC2Br)n1. The number of halogens is 1. The molecule has 1 aliphatic rings. The van der Waals surface area contributed by atoms with E-state index in [0.29, 0.717) is 18.9 Å². The van der Waals surface area contributed by atoms with E-state index in [0.717, 1.165) is 0 Å². The number of carbonyl (C=O) groups is 1. The van der Waals surface area contributed by atoms with Crippen molar-refractivity contribution >= 4 is 21.8 Å². The van der Waals surface area contributed by atoms with Crippen LogP contribution in [0.3, 0.4) is 0 Å². The van der Waals surface area contributed by atoms with E-state index in [4.69, 9.17) is 4.74 Å². The highest BCUT2D eigenvalue weighted by atomic mass is 79.9. The Morgan fingerprint density at radius 3 is 3.07 bits per heavy atom. The van der Waals surface area contributed by atoms with Gasteiger partial charge in [0.1, 0.15) is 5.69 Å². The number of carbonyl (C=O) groups excluding carboxylic acids is 1. The van der Waals surface area contributed by atoms with Gasteiger partial charge in [-0.05, 0) is 6.07 Å². The summed E-state index contributed by atoms with van der Waals surface area (Å²) in [7, 11) is 1.78. The third kappa shape index (κ3) is 2.38. The molecule has 1 aliphatic heterocycles. The Morgan fingerprint density at radius 2 is 2.53 bits per heavy atom. The molecule has 0 radical (unpaired) electrons. The first-order valence-electron chi connectivity index (χ1n) is 4.69. The van der Waals surface area contributed by atoms with Gasteiger partial charge in [0.2, 0.25) is 0 Å². The summed E-state index contributed by atoms with van der Waals surface area (Å²) in [4.78, 5) is 11.9. The lowest BCUT2D eigenvalue weighted by Gasteiger charge is -2.12. The number of aryl methyl sites for hydroxylation is 1. The summed E-state index contributed by atoms with van der Waals surface area (Å²) in [6.45, 7) is 1.18. The van der Waals surface area contributed by atoms with Crippen molar-refractivity contribution in [1.29, 1.82) is 0 Å². The standard InChI is InChI=1S/C9H12BrN3O2/c1-13-3-2-7(12-13)9(14)11-8-5-15-4-6(8)10/h2-3,6,8H,4-5H2,1H3,(H,11,14). The monoisotopic (exact) mass is 273 g/mol. The zero-order valence-corrected chi connectivity index (χ0v) is 9.90. The van der Waals surface area contributed by atoms with Crippen LogP contribution in [0.15, 0.2) is 12.3 Å². The van der Waals surface area contributed by atoms with E-state index in [1.165, 1.54) is 0 Å². The molecule has 1 saturated heterocycles. The highest BCUT2D eigenvalue weighted by Crippen LogP contribution is 2.14. The normalized spacial score (nSPS) is 25.5. The van der Waals surface area contributed by atoms with Crippen LogP contribution in [0, 0.1) is 0 Å². The predicted molar refractivity (Wildman–Crippen MR) is 58.0 cm³/mol. The summed E-state index contributed by atoms with van der Waals surface area (Å²) in [5, 5.41) is 6.90. The average Bonchev–Trinajstić information content (AvgIpc) is 2.77. The van der Waals surface area contributed by atoms with Crippen LogP contribution in [0.5, 0.6) is 0 Å². The molecular weight excluding hydrogens is 262 g/mol. The maximum atomic E-state index is 11.7. The molecule has 0 bridgehead atoms. The van der Waals surface area contributed by atoms with Crippen molar-refractivity contribution in [2.24, 2.45) is 7.05 Å². The van der Waals surface area contributed by atoms with Crippen LogP contribution in [0.2, 0.25) is 0 Å². The van der Waals surface area contributed by atoms with Gasteiger partial charge in [0.15, 0.2) is 0 Å². The molecule has 1 amide bonds. The van der Waals surface area contributed by atoms with Gasteiger partial charge in [-0.3, -0.25) is 9.48 Å². The Morgan fingerprint density at radius 1 is 1.73 bits per heavy atom. The average molecular weight is 274 g/mol. The summed E-state index contributed by atoms with van der Waals surface area (Å²) in [5.41, 5.74) is 0.434. The van der Waals surface area contributed by atoms with E-state index in [-0.39, 0.29) is 16.8 Å². The zero-order chi connectivity index (χ0) is 10.8. The van der Waals surface area contributed by atoms with E-state index < -0.39 is 0 Å². The second-order valence-corrected chi connectivity index (χ2v) is 4.68. The van der Waals surface area contributed by atoms with Crippen molar-refractivity contribution in [3.05, 3.63) is 18.0 Å². The molecule has 0 spiro atoms. The Bertz CT molecular complexity index is 366. The van der Waals surface area contributed by atoms with E-state index in [9.17, 15) is 4.79 Å². The minimum atomic E-state index is -0.157. The summed E-state index contributed by atoms with van der Waals surface area (Å²) >= 11 is 3.45. The second-order valence-electron chi connectivity index (χ2n) is 3.51. The smallest absolute Gasteiger partial charge is 0.272 e. The Kier molecular flexibility index (Phi) is 3.06. The quantitative estimate of drug-likeness (QED) is 0.790. The van der Waals surface area contributed by atoms with Gasteiger partial charge in [0.25, 0.3) is 5.91 Å². The Hall–Kier alpha value is -0.880. The first kappa shape index (κ1) is 10.6. The summed E-state index contributed by atoms with van der Waals surface area (Å²) in [6, 6.07) is 1.72. The number of aromatic nitrogens is 2. The molecule has 0 aromatic carbocycles. The predicted octanol–water partition coefficient (Wildman–Crippen LogP) is 0.312. The number of hydrogen-bond acceptors (Lipinski definition) is 3. The molecule has 0 aliphatic carbocycles. The zero-order valence-electron chi connectivity index (χ0n) is 8.31. The molecule has 82 valence electrons. The number of ether oxygens (including phenoxy) is 1. The molecule has 1 fully saturated rings. The number of alkyl halides is 1. The van der Waals surface area contributed by atoms with Crippen LogP contribution in [0.25, 0.3) is 0 Å². The Balaban J connectivity index is 1.97. The minimum absolute atomic E-state index is 0.0273. The molecule has 5 nitrogen and oxygen atoms in total. The molecule has 0 saturated carbocycles. The molecule has 2 heterocycles. The number of rotatable bonds is 2. The molecule has 15 heavy (non-hydrogen) atoms. The molecule has 2 rings (SSSR count). The molecule has 1 aromatic heterocycles. The number of nitrogens with one attached hydrogen (secondary N) is 1. The summed E-state index contributed by atoms with van der Waals surface area (Å²) < 4.78 is 6.83. The fraction of sp³-hybridized carbons (Fsp3) is 0.556. The molecule has 2 atom stereocenters. The molecule has 6 heteroatoms. The van der Waals surface area contributed by atoms with Gasteiger partial charge >= 0.3 is 0 Å². The van der Waals surface area contributed by atoms with E-state index in [2.05, 4.69) is 26.3 Å². The summed E-state index contributed by atoms with van der Waals surface area (Å²) in [5.74, 6) is -0.157. The third-order valence-corrected chi connectivity index (χ3v) is 3.18. The van der Waals surface area contributed by atoms with Gasteiger partial charge in [-0.15, -0.1) is 0 Å². The lowest BCUT2D eigenvalue weighted by Crippen LogP contribution is -2.40. The highest BCUT2D eigenvalue weighted by molar-refractivity contribution is 9.09. The fourth-order valence-electron chi connectivity index (χ4n) is 1.44. The lowest BCUT2D eigenvalue weighted by molar-refractivity contribution is 0.0924. The maximum absolute atomic E-state index is 11.7. The molecular formula is C9H12BrN3O2. The largest absolute Gasteiger partial charge is 0.378 e. The van der Waals surface area contributed by atoms with Gasteiger partial charge < -0.3 is 10.1 Å². The van der Waals surface area contributed by atoms with E-state index in [1.807, 2.05) is 0 Å². The van der Waals surface area contributed by atoms with Crippen LogP contribution < -0.4 is 5.32 Å². The van der Waals surface area contributed by atoms with E-state index >= 15 is 0 Å². The minimum Gasteiger partial charge on any atom is -0.378 e. The molecule has 1 aromatic rings. The lowest BCUT2D eigenvalue weighted by atomic mass is 10.2. The summed E-state index contributed by atoms with van der Waals surface area (Å²) in [6.07, 6.45) is 1.74. The van der Waals surface area contributed by atoms with Gasteiger partial charge in [-0.25, -0.2) is 0 Å². The van der Waals surface area contributed by atoms with Crippen LogP contribution in [-0.4, -0.2) is 39.8 Å². The van der Waals surface area contributed by atoms with Gasteiger partial charge in [-0.2, -0.15) is 5.10 Å². The van der Waals surface area contributed by atoms with Crippen molar-refractivity contribution in [3.63, 3.8) is 0 Å². The van der Waals surface area contributed by atoms with Gasteiger partial charge in [0.05, 0.1) is 24.1 Å². The maximum Gasteiger partial charge on any atom is 0.272 e. The highest BCUT2D eigenvalue weighted by Gasteiger charge is 2.27. The van der Waals surface area contributed by atoms with Crippen molar-refractivity contribution in [2.75, 3.05) is 13.2 Å². The van der Waals surface area contributed by atoms with E-state index in [1.54, 1.807) is 24.0 Å². The van der Waals surface area contributed by atoms with Gasteiger partial charge in [0, 0.05) is 13.2 Å². The van der Waals surface area contributed by atoms with Crippen molar-refractivity contribution in [2.45, 2.75) is 10.9 Å². The molecule has 1 N–H and O–H groups in total. The Labute approximate surface area is 95.9 Å². The number of nitrogens with zero attached hydrogens (tertiary/aromatic N) is 2. The fourth-order valence-corrected chi connectivity index (χ4v) is 1.91. The second kappa shape index (κ2) is 4.32. The topological polar surface area (TPSA) is 56.2 Å². The van der Waals surface area contributed by atoms with Crippen molar-refractivity contribution < 1.29 is 9.53 Å². The molecule has 2 unspecified atom stereocenters. The third-order valence-electron chi connectivity index (χ3n) is 2.27. The van der Waals surface area contributed by atoms with Crippen LogP contribution in [0.4, 0.5) is 0 Å². The number of amides is 1. The van der Waals surface area contributed by atoms with Crippen LogP contribution in [-0.2, 0) is 11.8 Å². The van der Waals surface area contributed by atoms with Crippen LogP contribution >= 0.6 is 15.9 Å².